The fourth-order valence-corrected chi connectivity index (χ4v) is 1.92. The Labute approximate surface area is 110 Å². The summed E-state index contributed by atoms with van der Waals surface area (Å²) >= 11 is 0. The Bertz CT molecular complexity index is 328. The highest BCUT2D eigenvalue weighted by atomic mass is 19.1. The van der Waals surface area contributed by atoms with Crippen molar-refractivity contribution >= 4 is 0 Å². The molecule has 3 heteroatoms. The van der Waals surface area contributed by atoms with Gasteiger partial charge in [0.25, 0.3) is 0 Å². The minimum absolute atomic E-state index is 0.154. The number of hydrogen-bond donors (Lipinski definition) is 1. The van der Waals surface area contributed by atoms with Crippen molar-refractivity contribution in [3.05, 3.63) is 35.6 Å². The molecule has 0 saturated carbocycles. The number of halogens is 1. The van der Waals surface area contributed by atoms with E-state index in [1.165, 1.54) is 25.3 Å². The van der Waals surface area contributed by atoms with Crippen molar-refractivity contribution in [2.75, 3.05) is 26.7 Å². The van der Waals surface area contributed by atoms with Crippen LogP contribution >= 0.6 is 0 Å². The van der Waals surface area contributed by atoms with Gasteiger partial charge in [-0.25, -0.2) is 4.39 Å². The predicted molar refractivity (Wildman–Crippen MR) is 75.1 cm³/mol. The van der Waals surface area contributed by atoms with Gasteiger partial charge in [-0.05, 0) is 37.7 Å². The summed E-state index contributed by atoms with van der Waals surface area (Å²) in [5, 5.41) is 3.43. The van der Waals surface area contributed by atoms with Crippen molar-refractivity contribution in [1.82, 2.24) is 10.2 Å². The van der Waals surface area contributed by atoms with E-state index in [9.17, 15) is 4.39 Å². The second-order valence-corrected chi connectivity index (χ2v) is 4.82. The third-order valence-corrected chi connectivity index (χ3v) is 2.97. The average molecular weight is 252 g/mol. The molecule has 0 saturated heterocycles. The number of nitrogens with one attached hydrogen (secondary N) is 1. The molecule has 0 bridgehead atoms. The Balaban J connectivity index is 2.12. The lowest BCUT2D eigenvalue weighted by atomic mass is 10.2. The SMILES string of the molecule is CCCCCNCCN(C)Cc1cccc(F)c1. The summed E-state index contributed by atoms with van der Waals surface area (Å²) in [7, 11) is 2.07. The zero-order valence-electron chi connectivity index (χ0n) is 11.6. The van der Waals surface area contributed by atoms with Crippen LogP contribution in [0, 0.1) is 5.82 Å². The topological polar surface area (TPSA) is 15.3 Å². The van der Waals surface area contributed by atoms with Crippen molar-refractivity contribution in [2.45, 2.75) is 32.7 Å². The van der Waals surface area contributed by atoms with Gasteiger partial charge in [0.05, 0.1) is 0 Å². The first kappa shape index (κ1) is 15.1. The standard InChI is InChI=1S/C15H25FN2/c1-3-4-5-9-17-10-11-18(2)13-14-7-6-8-15(16)12-14/h6-8,12,17H,3-5,9-11,13H2,1-2H3. The molecule has 102 valence electrons. The summed E-state index contributed by atoms with van der Waals surface area (Å²) in [6, 6.07) is 6.82. The molecule has 1 aromatic carbocycles. The van der Waals surface area contributed by atoms with E-state index in [1.54, 1.807) is 12.1 Å². The first-order valence-corrected chi connectivity index (χ1v) is 6.86. The molecular formula is C15H25FN2. The smallest absolute Gasteiger partial charge is 0.123 e. The van der Waals surface area contributed by atoms with Crippen LogP contribution in [0.4, 0.5) is 4.39 Å². The fourth-order valence-electron chi connectivity index (χ4n) is 1.92. The van der Waals surface area contributed by atoms with Crippen molar-refractivity contribution in [3.63, 3.8) is 0 Å². The van der Waals surface area contributed by atoms with Crippen LogP contribution in [-0.2, 0) is 6.54 Å². The van der Waals surface area contributed by atoms with E-state index in [0.29, 0.717) is 0 Å². The average Bonchev–Trinajstić information content (AvgIpc) is 2.33. The first-order valence-electron chi connectivity index (χ1n) is 6.86. The molecule has 0 aliphatic carbocycles. The maximum absolute atomic E-state index is 13.0. The number of likely N-dealkylation sites (N-methyl/N-ethyl adjacent to an activating group) is 1. The van der Waals surface area contributed by atoms with E-state index in [1.807, 2.05) is 6.07 Å². The van der Waals surface area contributed by atoms with Gasteiger partial charge in [-0.15, -0.1) is 0 Å². The number of benzene rings is 1. The molecule has 0 spiro atoms. The third-order valence-electron chi connectivity index (χ3n) is 2.97. The molecule has 0 radical (unpaired) electrons. The molecule has 1 aromatic rings. The van der Waals surface area contributed by atoms with Crippen LogP contribution in [0.3, 0.4) is 0 Å². The van der Waals surface area contributed by atoms with E-state index in [4.69, 9.17) is 0 Å². The highest BCUT2D eigenvalue weighted by Gasteiger charge is 2.00. The normalized spacial score (nSPS) is 11.1. The number of nitrogens with zero attached hydrogens (tertiary/aromatic N) is 1. The fraction of sp³-hybridized carbons (Fsp3) is 0.600. The molecular weight excluding hydrogens is 227 g/mol. The Morgan fingerprint density at radius 1 is 1.22 bits per heavy atom. The lowest BCUT2D eigenvalue weighted by Gasteiger charge is -2.17. The molecule has 0 atom stereocenters. The van der Waals surface area contributed by atoms with Gasteiger partial charge in [0.1, 0.15) is 5.82 Å². The minimum atomic E-state index is -0.154. The molecule has 0 fully saturated rings. The maximum atomic E-state index is 13.0. The van der Waals surface area contributed by atoms with Gasteiger partial charge in [0.2, 0.25) is 0 Å². The zero-order chi connectivity index (χ0) is 13.2. The van der Waals surface area contributed by atoms with Gasteiger partial charge in [-0.2, -0.15) is 0 Å². The number of rotatable bonds is 9. The molecule has 0 unspecified atom stereocenters. The lowest BCUT2D eigenvalue weighted by molar-refractivity contribution is 0.323. The molecule has 0 amide bonds. The predicted octanol–water partition coefficient (Wildman–Crippen LogP) is 3.04. The van der Waals surface area contributed by atoms with Crippen molar-refractivity contribution < 1.29 is 4.39 Å². The second kappa shape index (κ2) is 9.06. The maximum Gasteiger partial charge on any atom is 0.123 e. The Morgan fingerprint density at radius 2 is 2.06 bits per heavy atom. The van der Waals surface area contributed by atoms with Crippen LogP contribution in [0.2, 0.25) is 0 Å². The molecule has 0 aliphatic heterocycles. The van der Waals surface area contributed by atoms with Gasteiger partial charge in [0, 0.05) is 19.6 Å². The summed E-state index contributed by atoms with van der Waals surface area (Å²) in [5.41, 5.74) is 1.03. The van der Waals surface area contributed by atoms with Crippen LogP contribution < -0.4 is 5.32 Å². The lowest BCUT2D eigenvalue weighted by Crippen LogP contribution is -2.29. The highest BCUT2D eigenvalue weighted by Crippen LogP contribution is 2.05. The number of unbranched alkanes of at least 4 members (excludes halogenated alkanes) is 2. The summed E-state index contributed by atoms with van der Waals surface area (Å²) in [6.45, 7) is 6.10. The summed E-state index contributed by atoms with van der Waals surface area (Å²) in [5.74, 6) is -0.154. The number of hydrogen-bond acceptors (Lipinski definition) is 2. The highest BCUT2D eigenvalue weighted by molar-refractivity contribution is 5.15. The summed E-state index contributed by atoms with van der Waals surface area (Å²) < 4.78 is 13.0. The zero-order valence-corrected chi connectivity index (χ0v) is 11.6. The van der Waals surface area contributed by atoms with E-state index >= 15 is 0 Å². The molecule has 1 N–H and O–H groups in total. The van der Waals surface area contributed by atoms with Crippen LogP contribution in [-0.4, -0.2) is 31.6 Å². The van der Waals surface area contributed by atoms with E-state index < -0.39 is 0 Å². The van der Waals surface area contributed by atoms with Gasteiger partial charge >= 0.3 is 0 Å². The second-order valence-electron chi connectivity index (χ2n) is 4.82. The monoisotopic (exact) mass is 252 g/mol. The summed E-state index contributed by atoms with van der Waals surface area (Å²) in [4.78, 5) is 2.21. The van der Waals surface area contributed by atoms with Crippen LogP contribution in [0.5, 0.6) is 0 Å². The molecule has 0 aromatic heterocycles. The molecule has 0 heterocycles. The Hall–Kier alpha value is -0.930. The van der Waals surface area contributed by atoms with Crippen molar-refractivity contribution in [1.29, 1.82) is 0 Å². The van der Waals surface area contributed by atoms with Crippen molar-refractivity contribution in [3.8, 4) is 0 Å². The van der Waals surface area contributed by atoms with Crippen LogP contribution in [0.25, 0.3) is 0 Å². The van der Waals surface area contributed by atoms with Gasteiger partial charge < -0.3 is 10.2 Å². The summed E-state index contributed by atoms with van der Waals surface area (Å²) in [6.07, 6.45) is 3.82. The molecule has 2 nitrogen and oxygen atoms in total. The van der Waals surface area contributed by atoms with E-state index in [-0.39, 0.29) is 5.82 Å². The quantitative estimate of drug-likeness (QED) is 0.680. The van der Waals surface area contributed by atoms with Gasteiger partial charge in [-0.3, -0.25) is 0 Å². The van der Waals surface area contributed by atoms with Gasteiger partial charge in [-0.1, -0.05) is 31.9 Å². The van der Waals surface area contributed by atoms with Gasteiger partial charge in [0.15, 0.2) is 0 Å². The molecule has 18 heavy (non-hydrogen) atoms. The first-order chi connectivity index (χ1) is 8.72. The van der Waals surface area contributed by atoms with Crippen molar-refractivity contribution in [2.24, 2.45) is 0 Å². The van der Waals surface area contributed by atoms with E-state index in [0.717, 1.165) is 31.7 Å². The molecule has 1 rings (SSSR count). The van der Waals surface area contributed by atoms with Crippen LogP contribution in [0.1, 0.15) is 31.7 Å². The van der Waals surface area contributed by atoms with E-state index in [2.05, 4.69) is 24.2 Å². The van der Waals surface area contributed by atoms with Crippen LogP contribution in [0.15, 0.2) is 24.3 Å². The Kier molecular flexibility index (Phi) is 7.62. The largest absolute Gasteiger partial charge is 0.315 e. The third kappa shape index (κ3) is 6.72. The molecule has 0 aliphatic rings. The Morgan fingerprint density at radius 3 is 2.78 bits per heavy atom. The minimum Gasteiger partial charge on any atom is -0.315 e.